The molecule has 0 radical (unpaired) electrons. The Morgan fingerprint density at radius 1 is 0.667 bits per heavy atom. The van der Waals surface area contributed by atoms with Crippen LogP contribution in [-0.4, -0.2) is 0 Å². The van der Waals surface area contributed by atoms with Crippen molar-refractivity contribution in [2.75, 3.05) is 0 Å². The zero-order chi connectivity index (χ0) is 24.3. The molecular formula is C24H18F8O. The second kappa shape index (κ2) is 9.80. The number of alkyl halides is 2. The standard InChI is InChI=1S/C24H18F8O/c1-2-3-15-7-9-17(22(29)21(15)28)24(31,32)33-16-8-6-14(18(25)12-16)5-4-13-10-19(26)23(30)20(27)11-13/h6-12H,2-5H2,1H3. The van der Waals surface area contributed by atoms with Gasteiger partial charge in [-0.2, -0.15) is 8.78 Å². The molecule has 0 spiro atoms. The van der Waals surface area contributed by atoms with Crippen molar-refractivity contribution in [1.29, 1.82) is 0 Å². The third-order valence-corrected chi connectivity index (χ3v) is 4.99. The summed E-state index contributed by atoms with van der Waals surface area (Å²) in [7, 11) is 0. The number of ether oxygens (including phenoxy) is 1. The molecule has 3 rings (SSSR count). The molecular weight excluding hydrogens is 456 g/mol. The summed E-state index contributed by atoms with van der Waals surface area (Å²) in [5.41, 5.74) is -1.30. The Morgan fingerprint density at radius 2 is 1.30 bits per heavy atom. The number of halogens is 8. The molecule has 0 atom stereocenters. The first-order chi connectivity index (χ1) is 15.5. The van der Waals surface area contributed by atoms with Gasteiger partial charge in [-0.05, 0) is 60.2 Å². The Balaban J connectivity index is 1.75. The Labute approximate surface area is 184 Å². The number of hydrogen-bond acceptors (Lipinski definition) is 1. The summed E-state index contributed by atoms with van der Waals surface area (Å²) in [4.78, 5) is 0. The van der Waals surface area contributed by atoms with Gasteiger partial charge in [0.2, 0.25) is 0 Å². The second-order valence-electron chi connectivity index (χ2n) is 7.40. The van der Waals surface area contributed by atoms with E-state index in [1.54, 1.807) is 6.92 Å². The average Bonchev–Trinajstić information content (AvgIpc) is 2.74. The van der Waals surface area contributed by atoms with Crippen molar-refractivity contribution in [2.24, 2.45) is 0 Å². The van der Waals surface area contributed by atoms with E-state index in [9.17, 15) is 35.1 Å². The summed E-state index contributed by atoms with van der Waals surface area (Å²) in [5.74, 6) is -9.14. The SMILES string of the molecule is CCCc1ccc(C(F)(F)Oc2ccc(CCc3cc(F)c(F)c(F)c3)c(F)c2)c(F)c1F. The lowest BCUT2D eigenvalue weighted by atomic mass is 10.0. The van der Waals surface area contributed by atoms with Crippen LogP contribution in [0.1, 0.15) is 35.6 Å². The van der Waals surface area contributed by atoms with E-state index in [1.165, 1.54) is 0 Å². The van der Waals surface area contributed by atoms with Crippen LogP contribution >= 0.6 is 0 Å². The third-order valence-electron chi connectivity index (χ3n) is 4.99. The molecule has 0 bridgehead atoms. The quantitative estimate of drug-likeness (QED) is 0.244. The Kier molecular flexibility index (Phi) is 7.29. The van der Waals surface area contributed by atoms with Crippen molar-refractivity contribution in [2.45, 2.75) is 38.7 Å². The van der Waals surface area contributed by atoms with E-state index in [0.717, 1.165) is 36.4 Å². The zero-order valence-electron chi connectivity index (χ0n) is 17.3. The fraction of sp³-hybridized carbons (Fsp3) is 0.250. The van der Waals surface area contributed by atoms with Gasteiger partial charge in [-0.15, -0.1) is 0 Å². The lowest BCUT2D eigenvalue weighted by Gasteiger charge is -2.20. The molecule has 0 fully saturated rings. The molecule has 0 aromatic heterocycles. The normalized spacial score (nSPS) is 11.7. The molecule has 0 aliphatic rings. The minimum absolute atomic E-state index is 0.0111. The highest BCUT2D eigenvalue weighted by Gasteiger charge is 2.39. The first-order valence-electron chi connectivity index (χ1n) is 9.99. The fourth-order valence-corrected chi connectivity index (χ4v) is 3.31. The first-order valence-corrected chi connectivity index (χ1v) is 9.99. The minimum Gasteiger partial charge on any atom is -0.429 e. The largest absolute Gasteiger partial charge is 0.429 e. The summed E-state index contributed by atoms with van der Waals surface area (Å²) in [6.45, 7) is 1.72. The molecule has 33 heavy (non-hydrogen) atoms. The van der Waals surface area contributed by atoms with Gasteiger partial charge in [0.05, 0.1) is 0 Å². The van der Waals surface area contributed by atoms with E-state index in [1.807, 2.05) is 0 Å². The summed E-state index contributed by atoms with van der Waals surface area (Å²) in [5, 5.41) is 0. The summed E-state index contributed by atoms with van der Waals surface area (Å²) in [6, 6.07) is 6.04. The van der Waals surface area contributed by atoms with Gasteiger partial charge in [0.1, 0.15) is 17.1 Å². The number of rotatable bonds is 8. The van der Waals surface area contributed by atoms with Crippen LogP contribution in [0.25, 0.3) is 0 Å². The van der Waals surface area contributed by atoms with Crippen LogP contribution in [0.3, 0.4) is 0 Å². The molecule has 0 N–H and O–H groups in total. The molecule has 0 unspecified atom stereocenters. The van der Waals surface area contributed by atoms with Crippen molar-refractivity contribution in [3.05, 3.63) is 99.6 Å². The number of hydrogen-bond donors (Lipinski definition) is 0. The lowest BCUT2D eigenvalue weighted by Crippen LogP contribution is -2.24. The van der Waals surface area contributed by atoms with Gasteiger partial charge >= 0.3 is 6.11 Å². The van der Waals surface area contributed by atoms with Gasteiger partial charge in [0, 0.05) is 6.07 Å². The predicted octanol–water partition coefficient (Wildman–Crippen LogP) is 7.39. The van der Waals surface area contributed by atoms with Gasteiger partial charge in [0.15, 0.2) is 29.1 Å². The second-order valence-corrected chi connectivity index (χ2v) is 7.40. The van der Waals surface area contributed by atoms with E-state index >= 15 is 0 Å². The van der Waals surface area contributed by atoms with Gasteiger partial charge in [-0.3, -0.25) is 0 Å². The van der Waals surface area contributed by atoms with E-state index in [0.29, 0.717) is 12.5 Å². The molecule has 176 valence electrons. The molecule has 3 aromatic carbocycles. The third kappa shape index (κ3) is 5.46. The van der Waals surface area contributed by atoms with E-state index in [2.05, 4.69) is 4.74 Å². The first kappa shape index (κ1) is 24.5. The number of benzene rings is 3. The molecule has 0 saturated heterocycles. The summed E-state index contributed by atoms with van der Waals surface area (Å²) >= 11 is 0. The minimum atomic E-state index is -4.28. The Morgan fingerprint density at radius 3 is 1.91 bits per heavy atom. The molecule has 0 saturated carbocycles. The van der Waals surface area contributed by atoms with Crippen LogP contribution in [0.2, 0.25) is 0 Å². The van der Waals surface area contributed by atoms with E-state index < -0.39 is 52.3 Å². The molecule has 1 nitrogen and oxygen atoms in total. The van der Waals surface area contributed by atoms with Crippen LogP contribution in [0.4, 0.5) is 35.1 Å². The highest BCUT2D eigenvalue weighted by atomic mass is 19.3. The molecule has 3 aromatic rings. The topological polar surface area (TPSA) is 9.23 Å². The van der Waals surface area contributed by atoms with Crippen LogP contribution in [0.15, 0.2) is 42.5 Å². The predicted molar refractivity (Wildman–Crippen MR) is 105 cm³/mol. The molecule has 9 heteroatoms. The Hall–Kier alpha value is -3.10. The molecule has 0 amide bonds. The summed E-state index contributed by atoms with van der Waals surface area (Å²) < 4.78 is 116. The zero-order valence-corrected chi connectivity index (χ0v) is 17.3. The maximum Gasteiger partial charge on any atom is 0.429 e. The van der Waals surface area contributed by atoms with Gasteiger partial charge < -0.3 is 4.74 Å². The maximum absolute atomic E-state index is 14.5. The van der Waals surface area contributed by atoms with Gasteiger partial charge in [-0.1, -0.05) is 25.5 Å². The van der Waals surface area contributed by atoms with E-state index in [-0.39, 0.29) is 36.0 Å². The van der Waals surface area contributed by atoms with Crippen LogP contribution < -0.4 is 4.74 Å². The van der Waals surface area contributed by atoms with Crippen molar-refractivity contribution in [3.63, 3.8) is 0 Å². The van der Waals surface area contributed by atoms with Crippen LogP contribution in [-0.2, 0) is 25.4 Å². The average molecular weight is 474 g/mol. The van der Waals surface area contributed by atoms with Crippen molar-refractivity contribution < 1.29 is 39.9 Å². The van der Waals surface area contributed by atoms with Crippen molar-refractivity contribution >= 4 is 0 Å². The maximum atomic E-state index is 14.5. The monoisotopic (exact) mass is 474 g/mol. The van der Waals surface area contributed by atoms with Gasteiger partial charge in [0.25, 0.3) is 0 Å². The van der Waals surface area contributed by atoms with Gasteiger partial charge in [-0.25, -0.2) is 26.3 Å². The highest BCUT2D eigenvalue weighted by Crippen LogP contribution is 2.35. The van der Waals surface area contributed by atoms with Crippen molar-refractivity contribution in [1.82, 2.24) is 0 Å². The smallest absolute Gasteiger partial charge is 0.429 e. The molecule has 0 aliphatic heterocycles. The number of aryl methyl sites for hydroxylation is 3. The summed E-state index contributed by atoms with van der Waals surface area (Å²) in [6.07, 6.45) is -3.77. The molecule has 0 heterocycles. The Bertz CT molecular complexity index is 1140. The fourth-order valence-electron chi connectivity index (χ4n) is 3.31. The van der Waals surface area contributed by atoms with Crippen molar-refractivity contribution in [3.8, 4) is 5.75 Å². The van der Waals surface area contributed by atoms with Crippen LogP contribution in [0.5, 0.6) is 5.75 Å². The highest BCUT2D eigenvalue weighted by molar-refractivity contribution is 5.33. The van der Waals surface area contributed by atoms with Crippen LogP contribution in [0, 0.1) is 34.9 Å². The van der Waals surface area contributed by atoms with E-state index in [4.69, 9.17) is 0 Å². The molecule has 0 aliphatic carbocycles. The lowest BCUT2D eigenvalue weighted by molar-refractivity contribution is -0.187.